The van der Waals surface area contributed by atoms with E-state index < -0.39 is 11.6 Å². The van der Waals surface area contributed by atoms with E-state index in [1.807, 2.05) is 0 Å². The van der Waals surface area contributed by atoms with Gasteiger partial charge in [-0.3, -0.25) is 9.69 Å². The number of fused-ring (bicyclic) bond motifs is 1. The van der Waals surface area contributed by atoms with Crippen LogP contribution >= 0.6 is 0 Å². The molecule has 1 amide bonds. The summed E-state index contributed by atoms with van der Waals surface area (Å²) in [5.74, 6) is 0.273. The maximum atomic E-state index is 13.6. The number of rotatable bonds is 15. The maximum Gasteiger partial charge on any atom is 0.220 e. The van der Waals surface area contributed by atoms with Crippen LogP contribution < -0.4 is 14.8 Å². The Morgan fingerprint density at radius 2 is 1.43 bits per heavy atom. The van der Waals surface area contributed by atoms with Gasteiger partial charge >= 0.3 is 0 Å². The number of hydrogen-bond acceptors (Lipinski definition) is 4. The highest BCUT2D eigenvalue weighted by Gasteiger charge is 2.42. The average Bonchev–Trinajstić information content (AvgIpc) is 3.15. The summed E-state index contributed by atoms with van der Waals surface area (Å²) in [6.07, 6.45) is 11.2. The highest BCUT2D eigenvalue weighted by atomic mass is 19.1. The minimum atomic E-state index is -0.621. The third kappa shape index (κ3) is 8.64. The molecular formula is C44H52F2N2O3. The van der Waals surface area contributed by atoms with Gasteiger partial charge in [-0.15, -0.1) is 0 Å². The fourth-order valence-electron chi connectivity index (χ4n) is 8.83. The van der Waals surface area contributed by atoms with E-state index in [4.69, 9.17) is 9.47 Å². The Morgan fingerprint density at radius 3 is 2.08 bits per heavy atom. The highest BCUT2D eigenvalue weighted by Crippen LogP contribution is 2.45. The topological polar surface area (TPSA) is 50.8 Å². The lowest BCUT2D eigenvalue weighted by molar-refractivity contribution is -0.121. The predicted octanol–water partition coefficient (Wildman–Crippen LogP) is 8.99. The maximum absolute atomic E-state index is 13.6. The molecule has 270 valence electrons. The van der Waals surface area contributed by atoms with Crippen LogP contribution in [0.1, 0.15) is 85.6 Å². The molecule has 5 nitrogen and oxygen atoms in total. The van der Waals surface area contributed by atoms with Crippen LogP contribution in [0.4, 0.5) is 8.78 Å². The van der Waals surface area contributed by atoms with E-state index in [-0.39, 0.29) is 23.3 Å². The molecule has 0 aromatic heterocycles. The summed E-state index contributed by atoms with van der Waals surface area (Å²) in [7, 11) is 3.42. The van der Waals surface area contributed by atoms with Crippen molar-refractivity contribution in [3.63, 3.8) is 0 Å². The number of nitrogens with one attached hydrogen (secondary N) is 1. The van der Waals surface area contributed by atoms with Gasteiger partial charge in [-0.25, -0.2) is 8.78 Å². The zero-order chi connectivity index (χ0) is 35.7. The molecule has 7 heteroatoms. The molecule has 1 heterocycles. The molecule has 1 aliphatic carbocycles. The number of methoxy groups -OCH3 is 2. The Balaban J connectivity index is 1.15. The molecule has 6 rings (SSSR count). The largest absolute Gasteiger partial charge is 0.493 e. The number of carbonyl (C=O) groups excluding carboxylic acids is 1. The van der Waals surface area contributed by atoms with Gasteiger partial charge in [0, 0.05) is 30.0 Å². The van der Waals surface area contributed by atoms with Gasteiger partial charge in [0.05, 0.1) is 14.2 Å². The van der Waals surface area contributed by atoms with Crippen molar-refractivity contribution in [2.45, 2.75) is 88.0 Å². The quantitative estimate of drug-likeness (QED) is 0.126. The third-order valence-corrected chi connectivity index (χ3v) is 11.4. The fraction of sp³-hybridized carbons (Fsp3) is 0.432. The average molecular weight is 695 g/mol. The van der Waals surface area contributed by atoms with Crippen LogP contribution in [0.15, 0.2) is 91.0 Å². The first-order chi connectivity index (χ1) is 24.8. The molecule has 51 heavy (non-hydrogen) atoms. The number of nitrogens with zero attached hydrogens (tertiary/aromatic N) is 1. The number of amides is 1. The summed E-state index contributed by atoms with van der Waals surface area (Å²) in [5, 5.41) is 3.08. The van der Waals surface area contributed by atoms with Crippen molar-refractivity contribution in [2.24, 2.45) is 0 Å². The lowest BCUT2D eigenvalue weighted by Crippen LogP contribution is -2.55. The van der Waals surface area contributed by atoms with E-state index in [0.29, 0.717) is 18.5 Å². The summed E-state index contributed by atoms with van der Waals surface area (Å²) in [6.45, 7) is 2.71. The smallest absolute Gasteiger partial charge is 0.220 e. The van der Waals surface area contributed by atoms with Gasteiger partial charge in [0.15, 0.2) is 11.5 Å². The van der Waals surface area contributed by atoms with Crippen molar-refractivity contribution >= 4 is 5.91 Å². The van der Waals surface area contributed by atoms with Crippen LogP contribution in [0, 0.1) is 11.6 Å². The fourth-order valence-corrected chi connectivity index (χ4v) is 8.83. The molecule has 1 saturated heterocycles. The molecule has 1 atom stereocenters. The first-order valence-electron chi connectivity index (χ1n) is 18.7. The molecule has 4 aromatic carbocycles. The van der Waals surface area contributed by atoms with Gasteiger partial charge in [0.25, 0.3) is 0 Å². The Labute approximate surface area is 302 Å². The number of benzene rings is 4. The van der Waals surface area contributed by atoms with E-state index in [9.17, 15) is 13.6 Å². The van der Waals surface area contributed by atoms with Gasteiger partial charge < -0.3 is 14.8 Å². The number of piperidine rings is 1. The summed E-state index contributed by atoms with van der Waals surface area (Å²) in [6, 6.07) is 29.5. The highest BCUT2D eigenvalue weighted by molar-refractivity contribution is 5.76. The summed E-state index contributed by atoms with van der Waals surface area (Å²) in [4.78, 5) is 15.6. The molecule has 4 aromatic rings. The summed E-state index contributed by atoms with van der Waals surface area (Å²) < 4.78 is 38.6. The number of halogens is 2. The predicted molar refractivity (Wildman–Crippen MR) is 200 cm³/mol. The molecule has 1 fully saturated rings. The summed E-state index contributed by atoms with van der Waals surface area (Å²) in [5.41, 5.74) is 5.81. The number of ether oxygens (including phenoxy) is 2. The second-order valence-corrected chi connectivity index (χ2v) is 14.5. The van der Waals surface area contributed by atoms with Crippen molar-refractivity contribution in [1.29, 1.82) is 0 Å². The molecule has 1 unspecified atom stereocenters. The van der Waals surface area contributed by atoms with Crippen molar-refractivity contribution in [1.82, 2.24) is 10.2 Å². The van der Waals surface area contributed by atoms with Gasteiger partial charge in [-0.2, -0.15) is 0 Å². The van der Waals surface area contributed by atoms with Crippen LogP contribution in [0.2, 0.25) is 0 Å². The Bertz CT molecular complexity index is 1690. The third-order valence-electron chi connectivity index (χ3n) is 11.4. The second-order valence-electron chi connectivity index (χ2n) is 14.5. The zero-order valence-electron chi connectivity index (χ0n) is 30.2. The number of carbonyl (C=O) groups is 1. The standard InChI is InChI=1S/C44H52F2N2O3/c1-50-40-29-34-19-23-43(32-35(34)30-41(40)51-2)20-9-10-25-48(43)26-12-22-44(36-13-5-3-6-14-36,37-15-7-4-8-16-37)21-11-24-47-42(49)18-17-33-27-38(45)31-39(46)28-33/h3-8,13-16,27-31H,9-12,17-26,32H2,1-2H3,(H,47,49). The zero-order valence-corrected chi connectivity index (χ0v) is 30.2. The first-order valence-corrected chi connectivity index (χ1v) is 18.7. The van der Waals surface area contributed by atoms with E-state index in [2.05, 4.69) is 83.0 Å². The Morgan fingerprint density at radius 1 is 0.804 bits per heavy atom. The molecule has 0 radical (unpaired) electrons. The monoisotopic (exact) mass is 694 g/mol. The second kappa shape index (κ2) is 16.9. The van der Waals surface area contributed by atoms with E-state index in [1.165, 1.54) is 53.6 Å². The first kappa shape index (κ1) is 36.6. The van der Waals surface area contributed by atoms with E-state index in [0.717, 1.165) is 75.6 Å². The van der Waals surface area contributed by atoms with Crippen molar-refractivity contribution in [3.05, 3.63) is 130 Å². The lowest BCUT2D eigenvalue weighted by Gasteiger charge is -2.50. The van der Waals surface area contributed by atoms with Crippen LogP contribution in [-0.2, 0) is 29.5 Å². The summed E-state index contributed by atoms with van der Waals surface area (Å²) >= 11 is 0. The van der Waals surface area contributed by atoms with Crippen LogP contribution in [0.5, 0.6) is 11.5 Å². The molecule has 2 aliphatic rings. The minimum absolute atomic E-state index is 0.106. The number of hydrogen-bond donors (Lipinski definition) is 1. The van der Waals surface area contributed by atoms with Gasteiger partial charge in [-0.05, 0) is 129 Å². The lowest BCUT2D eigenvalue weighted by atomic mass is 9.68. The van der Waals surface area contributed by atoms with Crippen LogP contribution in [-0.4, -0.2) is 50.2 Å². The van der Waals surface area contributed by atoms with Gasteiger partial charge in [-0.1, -0.05) is 67.1 Å². The van der Waals surface area contributed by atoms with E-state index >= 15 is 0 Å². The number of aryl methyl sites for hydroxylation is 2. The molecule has 1 N–H and O–H groups in total. The number of likely N-dealkylation sites (tertiary alicyclic amines) is 1. The molecule has 1 spiro atoms. The van der Waals surface area contributed by atoms with Crippen LogP contribution in [0.3, 0.4) is 0 Å². The Hall–Kier alpha value is -4.23. The van der Waals surface area contributed by atoms with Crippen molar-refractivity contribution in [2.75, 3.05) is 33.9 Å². The normalized spacial score (nSPS) is 17.6. The van der Waals surface area contributed by atoms with E-state index in [1.54, 1.807) is 14.2 Å². The van der Waals surface area contributed by atoms with Gasteiger partial charge in [0.2, 0.25) is 5.91 Å². The van der Waals surface area contributed by atoms with Gasteiger partial charge in [0.1, 0.15) is 11.6 Å². The Kier molecular flexibility index (Phi) is 12.1. The van der Waals surface area contributed by atoms with Crippen LogP contribution in [0.25, 0.3) is 0 Å². The molecule has 0 bridgehead atoms. The minimum Gasteiger partial charge on any atom is -0.493 e. The van der Waals surface area contributed by atoms with Crippen molar-refractivity contribution in [3.8, 4) is 11.5 Å². The van der Waals surface area contributed by atoms with Crippen molar-refractivity contribution < 1.29 is 23.0 Å². The molecular weight excluding hydrogens is 642 g/mol. The molecule has 1 aliphatic heterocycles. The SMILES string of the molecule is COc1cc2c(cc1OC)CC1(CCCCN1CCCC(CCCNC(=O)CCc1cc(F)cc(F)c1)(c1ccccc1)c1ccccc1)CC2. The molecule has 0 saturated carbocycles.